The number of carbonyl (C=O) groups is 2. The van der Waals surface area contributed by atoms with Crippen LogP contribution in [-0.2, 0) is 11.3 Å². The number of amides is 2. The summed E-state index contributed by atoms with van der Waals surface area (Å²) in [6.07, 6.45) is 2.45. The van der Waals surface area contributed by atoms with Crippen LogP contribution in [0.25, 0.3) is 11.0 Å². The molecule has 1 fully saturated rings. The van der Waals surface area contributed by atoms with Crippen molar-refractivity contribution in [3.05, 3.63) is 46.7 Å². The van der Waals surface area contributed by atoms with Crippen LogP contribution in [-0.4, -0.2) is 38.9 Å². The molecule has 4 rings (SSSR count). The van der Waals surface area contributed by atoms with Gasteiger partial charge in [0.25, 0.3) is 5.91 Å². The molecule has 140 valence electrons. The standard InChI is InChI=1S/C20H22N4O2S/c1-2-11-24-15-8-4-3-7-14(15)21-20(24)22-18(25)16-9-5-12-23(16)19(26)17-10-6-13-27-17/h3-4,6-8,10,13,16H,2,5,9,11-12H2,1H3,(H,21,22,25). The summed E-state index contributed by atoms with van der Waals surface area (Å²) in [7, 11) is 0. The van der Waals surface area contributed by atoms with Gasteiger partial charge in [-0.05, 0) is 42.8 Å². The minimum atomic E-state index is -0.450. The Morgan fingerprint density at radius 1 is 1.26 bits per heavy atom. The number of imidazole rings is 1. The van der Waals surface area contributed by atoms with Crippen LogP contribution in [0, 0.1) is 0 Å². The van der Waals surface area contributed by atoms with E-state index in [0.717, 1.165) is 30.4 Å². The summed E-state index contributed by atoms with van der Waals surface area (Å²) < 4.78 is 2.04. The molecule has 27 heavy (non-hydrogen) atoms. The molecule has 0 spiro atoms. The number of nitrogens with zero attached hydrogens (tertiary/aromatic N) is 3. The molecule has 1 unspecified atom stereocenters. The van der Waals surface area contributed by atoms with Crippen molar-refractivity contribution in [2.75, 3.05) is 11.9 Å². The Bertz CT molecular complexity index is 964. The maximum Gasteiger partial charge on any atom is 0.264 e. The first-order valence-corrected chi connectivity index (χ1v) is 10.2. The quantitative estimate of drug-likeness (QED) is 0.731. The number of fused-ring (bicyclic) bond motifs is 1. The number of hydrogen-bond donors (Lipinski definition) is 1. The highest BCUT2D eigenvalue weighted by Crippen LogP contribution is 2.25. The van der Waals surface area contributed by atoms with Gasteiger partial charge in [-0.3, -0.25) is 14.9 Å². The van der Waals surface area contributed by atoms with E-state index in [1.807, 2.05) is 40.3 Å². The molecular weight excluding hydrogens is 360 g/mol. The van der Waals surface area contributed by atoms with Crippen molar-refractivity contribution in [1.82, 2.24) is 14.5 Å². The predicted octanol–water partition coefficient (Wildman–Crippen LogP) is 3.75. The van der Waals surface area contributed by atoms with Crippen LogP contribution in [0.2, 0.25) is 0 Å². The van der Waals surface area contributed by atoms with Crippen molar-refractivity contribution in [1.29, 1.82) is 0 Å². The highest BCUT2D eigenvalue weighted by atomic mass is 32.1. The molecule has 0 aliphatic carbocycles. The number of rotatable bonds is 5. The van der Waals surface area contributed by atoms with Gasteiger partial charge in [0, 0.05) is 13.1 Å². The molecular formula is C20H22N4O2S. The Labute approximate surface area is 161 Å². The zero-order valence-electron chi connectivity index (χ0n) is 15.2. The lowest BCUT2D eigenvalue weighted by molar-refractivity contribution is -0.119. The molecule has 1 aliphatic heterocycles. The van der Waals surface area contributed by atoms with Crippen LogP contribution in [0.1, 0.15) is 35.9 Å². The van der Waals surface area contributed by atoms with E-state index in [2.05, 4.69) is 17.2 Å². The topological polar surface area (TPSA) is 67.2 Å². The average Bonchev–Trinajstić information content (AvgIpc) is 3.42. The lowest BCUT2D eigenvalue weighted by Gasteiger charge is -2.23. The van der Waals surface area contributed by atoms with Crippen molar-refractivity contribution < 1.29 is 9.59 Å². The van der Waals surface area contributed by atoms with Gasteiger partial charge in [0.2, 0.25) is 11.9 Å². The van der Waals surface area contributed by atoms with Crippen LogP contribution in [0.15, 0.2) is 41.8 Å². The number of hydrogen-bond acceptors (Lipinski definition) is 4. The molecule has 1 saturated heterocycles. The number of aryl methyl sites for hydroxylation is 1. The maximum absolute atomic E-state index is 13.0. The van der Waals surface area contributed by atoms with Gasteiger partial charge in [0.05, 0.1) is 15.9 Å². The maximum atomic E-state index is 13.0. The molecule has 0 bridgehead atoms. The Morgan fingerprint density at radius 2 is 2.11 bits per heavy atom. The number of thiophene rings is 1. The number of para-hydroxylation sites is 2. The smallest absolute Gasteiger partial charge is 0.264 e. The normalized spacial score (nSPS) is 16.8. The van der Waals surface area contributed by atoms with Gasteiger partial charge < -0.3 is 9.47 Å². The number of likely N-dealkylation sites (tertiary alicyclic amines) is 1. The Balaban J connectivity index is 1.57. The second-order valence-electron chi connectivity index (χ2n) is 6.70. The van der Waals surface area contributed by atoms with E-state index in [4.69, 9.17) is 0 Å². The first-order chi connectivity index (χ1) is 13.2. The number of carbonyl (C=O) groups excluding carboxylic acids is 2. The van der Waals surface area contributed by atoms with Crippen molar-refractivity contribution in [2.45, 2.75) is 38.8 Å². The van der Waals surface area contributed by atoms with Gasteiger partial charge in [0.1, 0.15) is 6.04 Å². The number of aromatic nitrogens is 2. The van der Waals surface area contributed by atoms with E-state index in [1.165, 1.54) is 11.3 Å². The molecule has 1 N–H and O–H groups in total. The summed E-state index contributed by atoms with van der Waals surface area (Å²) in [6.45, 7) is 3.48. The lowest BCUT2D eigenvalue weighted by atomic mass is 10.2. The Hall–Kier alpha value is -2.67. The third-order valence-corrected chi connectivity index (χ3v) is 5.74. The van der Waals surface area contributed by atoms with Crippen LogP contribution >= 0.6 is 11.3 Å². The molecule has 0 radical (unpaired) electrons. The Kier molecular flexibility index (Phi) is 4.94. The summed E-state index contributed by atoms with van der Waals surface area (Å²) in [6, 6.07) is 11.1. The fourth-order valence-electron chi connectivity index (χ4n) is 3.64. The van der Waals surface area contributed by atoms with E-state index in [0.29, 0.717) is 23.8 Å². The molecule has 3 aromatic rings. The third-order valence-electron chi connectivity index (χ3n) is 4.89. The first-order valence-electron chi connectivity index (χ1n) is 9.29. The van der Waals surface area contributed by atoms with Gasteiger partial charge in [-0.1, -0.05) is 25.1 Å². The van der Waals surface area contributed by atoms with Crippen molar-refractivity contribution in [3.63, 3.8) is 0 Å². The number of anilines is 1. The average molecular weight is 382 g/mol. The van der Waals surface area contributed by atoms with Gasteiger partial charge in [0.15, 0.2) is 0 Å². The van der Waals surface area contributed by atoms with Gasteiger partial charge >= 0.3 is 0 Å². The van der Waals surface area contributed by atoms with E-state index in [9.17, 15) is 9.59 Å². The summed E-state index contributed by atoms with van der Waals surface area (Å²) in [5.41, 5.74) is 1.87. The van der Waals surface area contributed by atoms with Gasteiger partial charge in [-0.2, -0.15) is 0 Å². The lowest BCUT2D eigenvalue weighted by Crippen LogP contribution is -2.43. The van der Waals surface area contributed by atoms with E-state index < -0.39 is 6.04 Å². The molecule has 7 heteroatoms. The minimum Gasteiger partial charge on any atom is -0.326 e. The van der Waals surface area contributed by atoms with Crippen LogP contribution in [0.4, 0.5) is 5.95 Å². The second-order valence-corrected chi connectivity index (χ2v) is 7.65. The van der Waals surface area contributed by atoms with Gasteiger partial charge in [-0.15, -0.1) is 11.3 Å². The van der Waals surface area contributed by atoms with Gasteiger partial charge in [-0.25, -0.2) is 4.98 Å². The second kappa shape index (κ2) is 7.52. The van der Waals surface area contributed by atoms with E-state index in [-0.39, 0.29) is 11.8 Å². The predicted molar refractivity (Wildman–Crippen MR) is 107 cm³/mol. The summed E-state index contributed by atoms with van der Waals surface area (Å²) >= 11 is 1.41. The molecule has 1 aliphatic rings. The van der Waals surface area contributed by atoms with Crippen LogP contribution < -0.4 is 5.32 Å². The molecule has 0 saturated carbocycles. The zero-order valence-corrected chi connectivity index (χ0v) is 16.0. The van der Waals surface area contributed by atoms with Crippen molar-refractivity contribution in [3.8, 4) is 0 Å². The molecule has 6 nitrogen and oxygen atoms in total. The molecule has 1 aromatic carbocycles. The fraction of sp³-hybridized carbons (Fsp3) is 0.350. The highest BCUT2D eigenvalue weighted by molar-refractivity contribution is 7.12. The summed E-state index contributed by atoms with van der Waals surface area (Å²) in [4.78, 5) is 32.7. The third kappa shape index (κ3) is 3.35. The molecule has 2 amide bonds. The Morgan fingerprint density at radius 3 is 2.89 bits per heavy atom. The van der Waals surface area contributed by atoms with Crippen LogP contribution in [0.3, 0.4) is 0 Å². The molecule has 3 heterocycles. The van der Waals surface area contributed by atoms with Crippen molar-refractivity contribution in [2.24, 2.45) is 0 Å². The van der Waals surface area contributed by atoms with Crippen molar-refractivity contribution >= 4 is 40.1 Å². The first kappa shape index (κ1) is 17.7. The summed E-state index contributed by atoms with van der Waals surface area (Å²) in [5, 5.41) is 4.86. The van der Waals surface area contributed by atoms with E-state index >= 15 is 0 Å². The molecule has 2 aromatic heterocycles. The van der Waals surface area contributed by atoms with E-state index in [1.54, 1.807) is 11.0 Å². The fourth-order valence-corrected chi connectivity index (χ4v) is 4.32. The number of nitrogens with one attached hydrogen (secondary N) is 1. The SMILES string of the molecule is CCCn1c(NC(=O)C2CCCN2C(=O)c2cccs2)nc2ccccc21. The monoisotopic (exact) mass is 382 g/mol. The largest absolute Gasteiger partial charge is 0.326 e. The number of benzene rings is 1. The summed E-state index contributed by atoms with van der Waals surface area (Å²) in [5.74, 6) is 0.327. The zero-order chi connectivity index (χ0) is 18.8. The molecule has 1 atom stereocenters. The van der Waals surface area contributed by atoms with Crippen LogP contribution in [0.5, 0.6) is 0 Å². The highest BCUT2D eigenvalue weighted by Gasteiger charge is 2.35. The minimum absolute atomic E-state index is 0.0651.